The third kappa shape index (κ3) is 2.96. The second-order valence-electron chi connectivity index (χ2n) is 10.5. The molecule has 1 aliphatic carbocycles. The zero-order valence-electron chi connectivity index (χ0n) is 17.5. The highest BCUT2D eigenvalue weighted by Crippen LogP contribution is 2.34. The molecule has 0 saturated carbocycles. The molecule has 5 heteroatoms. The number of nitrogens with two attached hydrogens (primary N) is 1. The number of benzene rings is 1. The Labute approximate surface area is 166 Å². The molecule has 150 valence electrons. The average molecular weight is 385 g/mol. The van der Waals surface area contributed by atoms with Crippen molar-refractivity contribution in [3.05, 3.63) is 39.2 Å². The van der Waals surface area contributed by atoms with Crippen molar-refractivity contribution in [1.82, 2.24) is 0 Å². The highest BCUT2D eigenvalue weighted by atomic mass is 16.5. The van der Waals surface area contributed by atoms with Crippen LogP contribution in [0, 0.1) is 0 Å². The van der Waals surface area contributed by atoms with E-state index in [9.17, 15) is 4.79 Å². The zero-order valence-corrected chi connectivity index (χ0v) is 17.5. The van der Waals surface area contributed by atoms with Gasteiger partial charge in [-0.15, -0.1) is 0 Å². The number of ether oxygens (including phenoxy) is 1. The van der Waals surface area contributed by atoms with Gasteiger partial charge in [0.25, 0.3) is 0 Å². The Morgan fingerprint density at radius 3 is 2.50 bits per heavy atom. The van der Waals surface area contributed by atoms with Crippen LogP contribution in [0.15, 0.2) is 21.3 Å². The molecule has 3 aliphatic rings. The molecule has 3 heterocycles. The molecule has 5 nitrogen and oxygen atoms in total. The topological polar surface area (TPSA) is 60.5 Å². The Kier molecular flexibility index (Phi) is 3.95. The molecule has 2 aromatic rings. The minimum atomic E-state index is -0.143. The Bertz CT molecular complexity index is 989. The first-order valence-corrected chi connectivity index (χ1v) is 10.7. The van der Waals surface area contributed by atoms with Crippen molar-refractivity contribution in [3.63, 3.8) is 0 Å². The lowest BCUT2D eigenvalue weighted by atomic mass is 9.79. The molecule has 28 heavy (non-hydrogen) atoms. The SMILES string of the molecule is CC1(C)CC([NH+]2COc3ccc4c5c(c(=O)oc4c3C2)CCC5)CC(C)(C)[NH2+]1. The Hall–Kier alpha value is -1.85. The highest BCUT2D eigenvalue weighted by Gasteiger charge is 2.46. The standard InChI is InChI=1S/C23H30N2O3/c1-22(2)10-14(11-23(3,4)24-22)25-12-18-19(27-13-25)9-8-16-15-6-5-7-17(15)21(26)28-20(16)18/h8-9,14,24H,5-7,10-13H2,1-4H3/p+2. The second kappa shape index (κ2) is 6.07. The first-order valence-electron chi connectivity index (χ1n) is 10.7. The zero-order chi connectivity index (χ0) is 19.7. The Morgan fingerprint density at radius 1 is 1.04 bits per heavy atom. The summed E-state index contributed by atoms with van der Waals surface area (Å²) in [4.78, 5) is 14.0. The molecule has 3 N–H and O–H groups in total. The van der Waals surface area contributed by atoms with Gasteiger partial charge in [-0.1, -0.05) is 0 Å². The fourth-order valence-electron chi connectivity index (χ4n) is 6.20. The summed E-state index contributed by atoms with van der Waals surface area (Å²) in [5.74, 6) is 0.887. The van der Waals surface area contributed by atoms with Gasteiger partial charge in [0.2, 0.25) is 6.73 Å². The van der Waals surface area contributed by atoms with E-state index in [2.05, 4.69) is 45.1 Å². The number of aryl methyl sites for hydroxylation is 1. The number of rotatable bonds is 1. The molecule has 1 aromatic carbocycles. The predicted octanol–water partition coefficient (Wildman–Crippen LogP) is 1.30. The van der Waals surface area contributed by atoms with Gasteiger partial charge in [-0.25, -0.2) is 4.79 Å². The van der Waals surface area contributed by atoms with Crippen molar-refractivity contribution in [2.45, 2.75) is 83.5 Å². The normalized spacial score (nSPS) is 25.9. The predicted molar refractivity (Wildman–Crippen MR) is 108 cm³/mol. The van der Waals surface area contributed by atoms with Crippen LogP contribution in [0.1, 0.15) is 63.6 Å². The van der Waals surface area contributed by atoms with Gasteiger partial charge in [-0.2, -0.15) is 0 Å². The van der Waals surface area contributed by atoms with Gasteiger partial charge in [0, 0.05) is 10.9 Å². The van der Waals surface area contributed by atoms with Gasteiger partial charge in [0.15, 0.2) is 5.58 Å². The van der Waals surface area contributed by atoms with E-state index in [-0.39, 0.29) is 16.7 Å². The largest absolute Gasteiger partial charge is 0.445 e. The van der Waals surface area contributed by atoms with Crippen molar-refractivity contribution < 1.29 is 19.4 Å². The van der Waals surface area contributed by atoms with Crippen LogP contribution in [0.25, 0.3) is 11.0 Å². The molecule has 0 bridgehead atoms. The summed E-state index contributed by atoms with van der Waals surface area (Å²) >= 11 is 0. The third-order valence-corrected chi connectivity index (χ3v) is 6.92. The van der Waals surface area contributed by atoms with E-state index < -0.39 is 0 Å². The number of hydrogen-bond donors (Lipinski definition) is 2. The fourth-order valence-corrected chi connectivity index (χ4v) is 6.20. The molecule has 0 spiro atoms. The summed E-state index contributed by atoms with van der Waals surface area (Å²) in [5, 5.41) is 3.64. The molecule has 2 aliphatic heterocycles. The summed E-state index contributed by atoms with van der Waals surface area (Å²) in [6, 6.07) is 4.71. The number of nitrogens with one attached hydrogen (secondary N) is 1. The second-order valence-corrected chi connectivity index (χ2v) is 10.5. The summed E-state index contributed by atoms with van der Waals surface area (Å²) in [7, 11) is 0. The lowest BCUT2D eigenvalue weighted by Crippen LogP contribution is -3.19. The molecular weight excluding hydrogens is 352 g/mol. The van der Waals surface area contributed by atoms with Crippen LogP contribution < -0.4 is 20.6 Å². The van der Waals surface area contributed by atoms with Crippen molar-refractivity contribution in [2.75, 3.05) is 6.73 Å². The van der Waals surface area contributed by atoms with Gasteiger partial charge < -0.3 is 14.5 Å². The smallest absolute Gasteiger partial charge is 0.339 e. The summed E-state index contributed by atoms with van der Waals surface area (Å²) in [5.41, 5.74) is 4.25. The van der Waals surface area contributed by atoms with Crippen LogP contribution in [0.4, 0.5) is 0 Å². The Balaban J connectivity index is 1.54. The summed E-state index contributed by atoms with van der Waals surface area (Å²) < 4.78 is 12.0. The summed E-state index contributed by atoms with van der Waals surface area (Å²) in [6.07, 6.45) is 5.20. The van der Waals surface area contributed by atoms with Crippen LogP contribution in [-0.4, -0.2) is 23.9 Å². The van der Waals surface area contributed by atoms with Crippen LogP contribution in [-0.2, 0) is 19.4 Å². The van der Waals surface area contributed by atoms with E-state index >= 15 is 0 Å². The number of fused-ring (bicyclic) bond motifs is 5. The number of hydrogen-bond acceptors (Lipinski definition) is 3. The molecule has 1 saturated heterocycles. The first-order chi connectivity index (χ1) is 13.2. The fraction of sp³-hybridized carbons (Fsp3) is 0.609. The minimum absolute atomic E-state index is 0.143. The molecular formula is C23H32N2O3+2. The maximum absolute atomic E-state index is 12.5. The quantitative estimate of drug-likeness (QED) is 0.729. The third-order valence-electron chi connectivity index (χ3n) is 6.92. The van der Waals surface area contributed by atoms with Gasteiger partial charge in [0.1, 0.15) is 18.3 Å². The maximum atomic E-state index is 12.5. The molecule has 0 amide bonds. The van der Waals surface area contributed by atoms with Gasteiger partial charge in [-0.05, 0) is 64.7 Å². The Morgan fingerprint density at radius 2 is 1.75 bits per heavy atom. The monoisotopic (exact) mass is 384 g/mol. The molecule has 5 rings (SSSR count). The maximum Gasteiger partial charge on any atom is 0.339 e. The van der Waals surface area contributed by atoms with Gasteiger partial charge >= 0.3 is 5.63 Å². The molecule has 1 unspecified atom stereocenters. The molecule has 1 fully saturated rings. The molecule has 1 atom stereocenters. The van der Waals surface area contributed by atoms with E-state index in [1.165, 1.54) is 10.5 Å². The van der Waals surface area contributed by atoms with Crippen LogP contribution in [0.5, 0.6) is 5.75 Å². The van der Waals surface area contributed by atoms with Crippen LogP contribution >= 0.6 is 0 Å². The minimum Gasteiger partial charge on any atom is -0.445 e. The van der Waals surface area contributed by atoms with Gasteiger partial charge in [-0.3, -0.25) is 4.90 Å². The number of piperidine rings is 1. The first kappa shape index (κ1) is 18.2. The van der Waals surface area contributed by atoms with Crippen molar-refractivity contribution in [1.29, 1.82) is 0 Å². The molecule has 0 radical (unpaired) electrons. The average Bonchev–Trinajstić information content (AvgIpc) is 3.09. The lowest BCUT2D eigenvalue weighted by Gasteiger charge is -2.45. The van der Waals surface area contributed by atoms with E-state index in [1.807, 2.05) is 0 Å². The van der Waals surface area contributed by atoms with E-state index in [1.54, 1.807) is 0 Å². The molecule has 1 aromatic heterocycles. The van der Waals surface area contributed by atoms with Crippen LogP contribution in [0.2, 0.25) is 0 Å². The van der Waals surface area contributed by atoms with Crippen molar-refractivity contribution in [3.8, 4) is 5.75 Å². The van der Waals surface area contributed by atoms with Crippen LogP contribution in [0.3, 0.4) is 0 Å². The number of quaternary nitrogens is 2. The van der Waals surface area contributed by atoms with E-state index in [4.69, 9.17) is 9.15 Å². The lowest BCUT2D eigenvalue weighted by molar-refractivity contribution is -0.969. The van der Waals surface area contributed by atoms with E-state index in [0.29, 0.717) is 12.8 Å². The summed E-state index contributed by atoms with van der Waals surface area (Å²) in [6.45, 7) is 10.9. The van der Waals surface area contributed by atoms with Crippen molar-refractivity contribution in [2.24, 2.45) is 0 Å². The van der Waals surface area contributed by atoms with Crippen molar-refractivity contribution >= 4 is 11.0 Å². The highest BCUT2D eigenvalue weighted by molar-refractivity contribution is 5.86. The van der Waals surface area contributed by atoms with Gasteiger partial charge in [0.05, 0.1) is 29.5 Å². The van der Waals surface area contributed by atoms with E-state index in [0.717, 1.165) is 66.5 Å².